The van der Waals surface area contributed by atoms with Gasteiger partial charge in [0.25, 0.3) is 0 Å². The Labute approximate surface area is 126 Å². The number of rotatable bonds is 5. The number of benzene rings is 1. The minimum atomic E-state index is 0.205. The molecule has 20 heavy (non-hydrogen) atoms. The van der Waals surface area contributed by atoms with Crippen LogP contribution >= 0.6 is 11.3 Å². The first-order valence-corrected chi connectivity index (χ1v) is 8.16. The van der Waals surface area contributed by atoms with Crippen molar-refractivity contribution in [2.24, 2.45) is 0 Å². The van der Waals surface area contributed by atoms with E-state index in [0.717, 1.165) is 6.54 Å². The summed E-state index contributed by atoms with van der Waals surface area (Å²) in [4.78, 5) is 4.81. The molecule has 1 unspecified atom stereocenters. The first kappa shape index (κ1) is 15.2. The van der Waals surface area contributed by atoms with Crippen molar-refractivity contribution >= 4 is 11.3 Å². The van der Waals surface area contributed by atoms with Crippen molar-refractivity contribution in [2.75, 3.05) is 6.54 Å². The summed E-state index contributed by atoms with van der Waals surface area (Å²) in [6, 6.07) is 6.90. The highest BCUT2D eigenvalue weighted by Gasteiger charge is 2.18. The van der Waals surface area contributed by atoms with E-state index in [4.69, 9.17) is 4.98 Å². The zero-order valence-corrected chi connectivity index (χ0v) is 13.8. The van der Waals surface area contributed by atoms with Crippen molar-refractivity contribution in [3.63, 3.8) is 0 Å². The molecular formula is C17H24N2S. The summed E-state index contributed by atoms with van der Waals surface area (Å²) < 4.78 is 0. The van der Waals surface area contributed by atoms with Gasteiger partial charge in [0, 0.05) is 5.38 Å². The Kier molecular flexibility index (Phi) is 4.95. The van der Waals surface area contributed by atoms with E-state index in [9.17, 15) is 0 Å². The van der Waals surface area contributed by atoms with Crippen LogP contribution < -0.4 is 5.32 Å². The van der Waals surface area contributed by atoms with E-state index in [1.165, 1.54) is 27.4 Å². The highest BCUT2D eigenvalue weighted by molar-refractivity contribution is 7.09. The van der Waals surface area contributed by atoms with Crippen LogP contribution in [0.25, 0.3) is 0 Å². The van der Waals surface area contributed by atoms with Crippen molar-refractivity contribution in [3.05, 3.63) is 51.0 Å². The number of aromatic nitrogens is 1. The number of aryl methyl sites for hydroxylation is 2. The van der Waals surface area contributed by atoms with E-state index in [0.29, 0.717) is 5.92 Å². The summed E-state index contributed by atoms with van der Waals surface area (Å²) in [7, 11) is 0. The lowest BCUT2D eigenvalue weighted by Gasteiger charge is -2.17. The first-order valence-electron chi connectivity index (χ1n) is 7.28. The van der Waals surface area contributed by atoms with Gasteiger partial charge in [-0.2, -0.15) is 0 Å². The van der Waals surface area contributed by atoms with Gasteiger partial charge in [-0.3, -0.25) is 0 Å². The molecule has 3 heteroatoms. The van der Waals surface area contributed by atoms with Gasteiger partial charge >= 0.3 is 0 Å². The van der Waals surface area contributed by atoms with E-state index in [1.807, 2.05) is 0 Å². The molecule has 0 spiro atoms. The highest BCUT2D eigenvalue weighted by Crippen LogP contribution is 2.28. The average Bonchev–Trinajstić information content (AvgIpc) is 2.89. The summed E-state index contributed by atoms with van der Waals surface area (Å²) in [5, 5.41) is 6.91. The van der Waals surface area contributed by atoms with Crippen LogP contribution in [0.5, 0.6) is 0 Å². The van der Waals surface area contributed by atoms with Gasteiger partial charge in [-0.15, -0.1) is 11.3 Å². The molecule has 2 nitrogen and oxygen atoms in total. The smallest absolute Gasteiger partial charge is 0.114 e. The second-order valence-corrected chi connectivity index (χ2v) is 6.49. The van der Waals surface area contributed by atoms with Crippen LogP contribution in [0.3, 0.4) is 0 Å². The Hall–Kier alpha value is -1.19. The van der Waals surface area contributed by atoms with E-state index >= 15 is 0 Å². The molecule has 108 valence electrons. The third kappa shape index (κ3) is 3.28. The fourth-order valence-electron chi connectivity index (χ4n) is 2.19. The highest BCUT2D eigenvalue weighted by atomic mass is 32.1. The quantitative estimate of drug-likeness (QED) is 0.871. The number of hydrogen-bond acceptors (Lipinski definition) is 3. The maximum Gasteiger partial charge on any atom is 0.114 e. The number of hydrogen-bond donors (Lipinski definition) is 1. The van der Waals surface area contributed by atoms with E-state index in [2.05, 4.69) is 63.5 Å². The lowest BCUT2D eigenvalue weighted by molar-refractivity contribution is 0.623. The van der Waals surface area contributed by atoms with Crippen LogP contribution in [0.2, 0.25) is 0 Å². The van der Waals surface area contributed by atoms with Crippen molar-refractivity contribution in [1.29, 1.82) is 0 Å². The molecule has 0 aliphatic carbocycles. The van der Waals surface area contributed by atoms with Gasteiger partial charge in [-0.25, -0.2) is 4.98 Å². The molecule has 0 aliphatic heterocycles. The normalized spacial score (nSPS) is 12.9. The first-order chi connectivity index (χ1) is 9.52. The number of nitrogens with zero attached hydrogens (tertiary/aromatic N) is 1. The second-order valence-electron chi connectivity index (χ2n) is 5.60. The summed E-state index contributed by atoms with van der Waals surface area (Å²) in [6.45, 7) is 11.8. The molecule has 1 aromatic carbocycles. The molecule has 0 saturated carbocycles. The monoisotopic (exact) mass is 288 g/mol. The molecule has 1 N–H and O–H groups in total. The van der Waals surface area contributed by atoms with Gasteiger partial charge in [0.05, 0.1) is 11.7 Å². The van der Waals surface area contributed by atoms with Crippen molar-refractivity contribution in [3.8, 4) is 0 Å². The zero-order valence-electron chi connectivity index (χ0n) is 13.0. The maximum absolute atomic E-state index is 4.81. The van der Waals surface area contributed by atoms with Gasteiger partial charge in [0.1, 0.15) is 5.01 Å². The Bertz CT molecular complexity index is 572. The predicted octanol–water partition coefficient (Wildman–Crippen LogP) is 4.58. The Morgan fingerprint density at radius 3 is 2.50 bits per heavy atom. The van der Waals surface area contributed by atoms with Crippen LogP contribution in [0.15, 0.2) is 23.6 Å². The number of thiazole rings is 1. The molecular weight excluding hydrogens is 264 g/mol. The van der Waals surface area contributed by atoms with Gasteiger partial charge in [-0.05, 0) is 43.0 Å². The topological polar surface area (TPSA) is 24.9 Å². The molecule has 0 aliphatic rings. The molecule has 2 aromatic rings. The van der Waals surface area contributed by atoms with Gasteiger partial charge in [0.15, 0.2) is 0 Å². The van der Waals surface area contributed by atoms with Gasteiger partial charge in [-0.1, -0.05) is 39.0 Å². The van der Waals surface area contributed by atoms with Gasteiger partial charge in [0.2, 0.25) is 0 Å². The Morgan fingerprint density at radius 1 is 1.20 bits per heavy atom. The Morgan fingerprint density at radius 2 is 1.95 bits per heavy atom. The minimum absolute atomic E-state index is 0.205. The molecule has 0 bridgehead atoms. The van der Waals surface area contributed by atoms with Crippen molar-refractivity contribution in [1.82, 2.24) is 10.3 Å². The van der Waals surface area contributed by atoms with E-state index < -0.39 is 0 Å². The fourth-order valence-corrected chi connectivity index (χ4v) is 3.27. The summed E-state index contributed by atoms with van der Waals surface area (Å²) in [6.07, 6.45) is 0. The van der Waals surface area contributed by atoms with Crippen LogP contribution in [-0.4, -0.2) is 11.5 Å². The van der Waals surface area contributed by atoms with Crippen molar-refractivity contribution < 1.29 is 0 Å². The van der Waals surface area contributed by atoms with Crippen LogP contribution in [0, 0.1) is 13.8 Å². The molecule has 1 aromatic heterocycles. The standard InChI is InChI=1S/C17H24N2S/c1-6-18-16(14-8-7-12(4)13(5)9-14)17-19-15(10-20-17)11(2)3/h7-11,16,18H,6H2,1-5H3. The average molecular weight is 288 g/mol. The molecule has 0 radical (unpaired) electrons. The third-order valence-corrected chi connectivity index (χ3v) is 4.58. The summed E-state index contributed by atoms with van der Waals surface area (Å²) in [5.74, 6) is 0.488. The molecule has 1 heterocycles. The van der Waals surface area contributed by atoms with E-state index in [-0.39, 0.29) is 6.04 Å². The largest absolute Gasteiger partial charge is 0.305 e. The van der Waals surface area contributed by atoms with Crippen LogP contribution in [0.1, 0.15) is 60.1 Å². The Balaban J connectivity index is 2.36. The minimum Gasteiger partial charge on any atom is -0.305 e. The zero-order chi connectivity index (χ0) is 14.7. The molecule has 0 saturated heterocycles. The van der Waals surface area contributed by atoms with Gasteiger partial charge < -0.3 is 5.32 Å². The maximum atomic E-state index is 4.81. The molecule has 1 atom stereocenters. The summed E-state index contributed by atoms with van der Waals surface area (Å²) in [5.41, 5.74) is 5.17. The lowest BCUT2D eigenvalue weighted by Crippen LogP contribution is -2.22. The second kappa shape index (κ2) is 6.51. The predicted molar refractivity (Wildman–Crippen MR) is 87.6 cm³/mol. The fraction of sp³-hybridized carbons (Fsp3) is 0.471. The molecule has 0 fully saturated rings. The SMILES string of the molecule is CCNC(c1ccc(C)c(C)c1)c1nc(C(C)C)cs1. The van der Waals surface area contributed by atoms with Crippen molar-refractivity contribution in [2.45, 2.75) is 46.6 Å². The molecule has 2 rings (SSSR count). The lowest BCUT2D eigenvalue weighted by atomic mass is 10.0. The molecule has 0 amide bonds. The third-order valence-electron chi connectivity index (χ3n) is 3.65. The summed E-state index contributed by atoms with van der Waals surface area (Å²) >= 11 is 1.76. The van der Waals surface area contributed by atoms with Crippen LogP contribution in [-0.2, 0) is 0 Å². The van der Waals surface area contributed by atoms with Crippen LogP contribution in [0.4, 0.5) is 0 Å². The van der Waals surface area contributed by atoms with E-state index in [1.54, 1.807) is 11.3 Å². The number of nitrogens with one attached hydrogen (secondary N) is 1.